The van der Waals surface area contributed by atoms with Crippen LogP contribution in [0.1, 0.15) is 88.3 Å². The predicted octanol–water partition coefficient (Wildman–Crippen LogP) is 4.76. The first-order valence-electron chi connectivity index (χ1n) is 11.1. The van der Waals surface area contributed by atoms with E-state index in [1.807, 2.05) is 24.3 Å². The summed E-state index contributed by atoms with van der Waals surface area (Å²) in [6.45, 7) is 2.40. The summed E-state index contributed by atoms with van der Waals surface area (Å²) in [6.07, 6.45) is 3.74. The zero-order valence-corrected chi connectivity index (χ0v) is 17.0. The van der Waals surface area contributed by atoms with Crippen LogP contribution in [-0.2, 0) is 18.9 Å². The average Bonchev–Trinajstić information content (AvgIpc) is 3.69. The summed E-state index contributed by atoms with van der Waals surface area (Å²) >= 11 is 0. The molecule has 0 spiro atoms. The Morgan fingerprint density at radius 2 is 1.03 bits per heavy atom. The summed E-state index contributed by atoms with van der Waals surface area (Å²) in [5.41, 5.74) is 5.87. The number of carbonyl (C=O) groups is 1. The Kier molecular flexibility index (Phi) is 4.72. The number of hydrogen-bond donors (Lipinski definition) is 0. The first-order chi connectivity index (χ1) is 14.8. The molecule has 2 heterocycles. The molecular weight excluding hydrogens is 380 g/mol. The van der Waals surface area contributed by atoms with Gasteiger partial charge in [0.1, 0.15) is 0 Å². The van der Waals surface area contributed by atoms with E-state index in [0.717, 1.165) is 59.1 Å². The Morgan fingerprint density at radius 1 is 0.633 bits per heavy atom. The third-order valence-electron chi connectivity index (χ3n) is 6.49. The van der Waals surface area contributed by atoms with Crippen LogP contribution in [0.4, 0.5) is 0 Å². The van der Waals surface area contributed by atoms with Crippen molar-refractivity contribution in [1.82, 2.24) is 0 Å². The fourth-order valence-electron chi connectivity index (χ4n) is 4.85. The number of rotatable bonds is 6. The predicted molar refractivity (Wildman–Crippen MR) is 110 cm³/mol. The van der Waals surface area contributed by atoms with Crippen molar-refractivity contribution in [2.75, 3.05) is 26.4 Å². The van der Waals surface area contributed by atoms with Gasteiger partial charge in [0.05, 0.1) is 26.4 Å². The Labute approximate surface area is 176 Å². The quantitative estimate of drug-likeness (QED) is 0.647. The van der Waals surface area contributed by atoms with Crippen molar-refractivity contribution in [2.45, 2.75) is 50.1 Å². The van der Waals surface area contributed by atoms with Gasteiger partial charge in [0.15, 0.2) is 18.4 Å². The van der Waals surface area contributed by atoms with Gasteiger partial charge in [-0.2, -0.15) is 0 Å². The van der Waals surface area contributed by atoms with Crippen LogP contribution in [0.3, 0.4) is 0 Å². The summed E-state index contributed by atoms with van der Waals surface area (Å²) < 4.78 is 23.2. The fraction of sp³-hybridized carbons (Fsp3) is 0.480. The molecule has 2 aliphatic heterocycles. The standard InChI is InChI=1S/C25H26O5/c26-23(17-3-1-5-19(21(17)15-7-8-15)24-27-11-12-28-24)18-4-2-6-20(22(18)16-9-10-16)25-29-13-14-30-25/h1-6,15-16,24-25H,7-14H2. The highest BCUT2D eigenvalue weighted by atomic mass is 16.7. The minimum Gasteiger partial charge on any atom is -0.346 e. The highest BCUT2D eigenvalue weighted by Crippen LogP contribution is 2.49. The van der Waals surface area contributed by atoms with Crippen molar-refractivity contribution in [1.29, 1.82) is 0 Å². The lowest BCUT2D eigenvalue weighted by atomic mass is 9.87. The van der Waals surface area contributed by atoms with Crippen LogP contribution < -0.4 is 0 Å². The fourth-order valence-corrected chi connectivity index (χ4v) is 4.85. The molecule has 4 aliphatic rings. The maximum absolute atomic E-state index is 13.9. The van der Waals surface area contributed by atoms with Crippen LogP contribution in [0.5, 0.6) is 0 Å². The van der Waals surface area contributed by atoms with Crippen molar-refractivity contribution in [3.63, 3.8) is 0 Å². The van der Waals surface area contributed by atoms with Crippen LogP contribution >= 0.6 is 0 Å². The molecule has 6 rings (SSSR count). The van der Waals surface area contributed by atoms with Crippen LogP contribution in [-0.4, -0.2) is 32.2 Å². The van der Waals surface area contributed by atoms with Crippen LogP contribution in [0, 0.1) is 0 Å². The van der Waals surface area contributed by atoms with E-state index < -0.39 is 0 Å². The van der Waals surface area contributed by atoms with E-state index in [1.54, 1.807) is 0 Å². The normalized spacial score (nSPS) is 22.7. The van der Waals surface area contributed by atoms with Crippen LogP contribution in [0.15, 0.2) is 36.4 Å². The number of benzene rings is 2. The molecule has 30 heavy (non-hydrogen) atoms. The molecule has 4 fully saturated rings. The van der Waals surface area contributed by atoms with E-state index in [4.69, 9.17) is 18.9 Å². The second-order valence-electron chi connectivity index (χ2n) is 8.64. The van der Waals surface area contributed by atoms with Gasteiger partial charge in [-0.25, -0.2) is 0 Å². The van der Waals surface area contributed by atoms with Gasteiger partial charge in [0.25, 0.3) is 0 Å². The van der Waals surface area contributed by atoms with Gasteiger partial charge < -0.3 is 18.9 Å². The summed E-state index contributed by atoms with van der Waals surface area (Å²) in [6, 6.07) is 12.0. The maximum atomic E-state index is 13.9. The van der Waals surface area contributed by atoms with Gasteiger partial charge in [0, 0.05) is 22.3 Å². The number of hydrogen-bond acceptors (Lipinski definition) is 5. The molecule has 0 radical (unpaired) electrons. The van der Waals surface area contributed by atoms with Gasteiger partial charge in [0.2, 0.25) is 0 Å². The maximum Gasteiger partial charge on any atom is 0.193 e. The third kappa shape index (κ3) is 3.30. The van der Waals surface area contributed by atoms with Gasteiger partial charge in [-0.1, -0.05) is 36.4 Å². The molecule has 2 saturated carbocycles. The second-order valence-corrected chi connectivity index (χ2v) is 8.64. The van der Waals surface area contributed by atoms with Gasteiger partial charge in [-0.15, -0.1) is 0 Å². The SMILES string of the molecule is O=C(c1cccc(C2OCCO2)c1C1CC1)c1cccc(C2OCCO2)c1C1CC1. The molecule has 0 atom stereocenters. The Bertz CT molecular complexity index is 886. The molecule has 156 valence electrons. The molecule has 5 heteroatoms. The Hall–Kier alpha value is -2.05. The summed E-state index contributed by atoms with van der Waals surface area (Å²) in [5.74, 6) is 0.933. The molecule has 2 saturated heterocycles. The molecule has 0 bridgehead atoms. The van der Waals surface area contributed by atoms with Gasteiger partial charge >= 0.3 is 0 Å². The van der Waals surface area contributed by atoms with Crippen LogP contribution in [0.2, 0.25) is 0 Å². The minimum absolute atomic E-state index is 0.0958. The molecule has 5 nitrogen and oxygen atoms in total. The lowest BCUT2D eigenvalue weighted by molar-refractivity contribution is -0.0449. The van der Waals surface area contributed by atoms with E-state index in [-0.39, 0.29) is 18.4 Å². The summed E-state index contributed by atoms with van der Waals surface area (Å²) in [7, 11) is 0. The van der Waals surface area contributed by atoms with Crippen molar-refractivity contribution >= 4 is 5.78 Å². The first kappa shape index (κ1) is 18.7. The Balaban J connectivity index is 1.45. The van der Waals surface area contributed by atoms with Crippen LogP contribution in [0.25, 0.3) is 0 Å². The van der Waals surface area contributed by atoms with E-state index in [1.165, 1.54) is 0 Å². The molecule has 0 amide bonds. The lowest BCUT2D eigenvalue weighted by Gasteiger charge is -2.20. The molecule has 2 aromatic rings. The molecule has 0 aromatic heterocycles. The van der Waals surface area contributed by atoms with Crippen molar-refractivity contribution < 1.29 is 23.7 Å². The summed E-state index contributed by atoms with van der Waals surface area (Å²) in [5, 5.41) is 0. The monoisotopic (exact) mass is 406 g/mol. The highest BCUT2D eigenvalue weighted by Gasteiger charge is 2.37. The topological polar surface area (TPSA) is 54.0 Å². The minimum atomic E-state index is -0.358. The molecule has 2 aliphatic carbocycles. The van der Waals surface area contributed by atoms with Crippen molar-refractivity contribution in [3.8, 4) is 0 Å². The van der Waals surface area contributed by atoms with Gasteiger partial charge in [-0.3, -0.25) is 4.79 Å². The van der Waals surface area contributed by atoms with E-state index in [2.05, 4.69) is 12.1 Å². The molecule has 0 unspecified atom stereocenters. The largest absolute Gasteiger partial charge is 0.346 e. The van der Waals surface area contributed by atoms with Crippen molar-refractivity contribution in [2.24, 2.45) is 0 Å². The van der Waals surface area contributed by atoms with Gasteiger partial charge in [-0.05, 0) is 48.6 Å². The number of carbonyl (C=O) groups excluding carboxylic acids is 1. The highest BCUT2D eigenvalue weighted by molar-refractivity contribution is 6.11. The first-order valence-corrected chi connectivity index (χ1v) is 11.1. The third-order valence-corrected chi connectivity index (χ3v) is 6.49. The zero-order chi connectivity index (χ0) is 20.1. The Morgan fingerprint density at radius 3 is 1.40 bits per heavy atom. The summed E-state index contributed by atoms with van der Waals surface area (Å²) in [4.78, 5) is 13.9. The smallest absolute Gasteiger partial charge is 0.193 e. The average molecular weight is 406 g/mol. The molecular formula is C25H26O5. The number of ketones is 1. The zero-order valence-electron chi connectivity index (χ0n) is 17.0. The second kappa shape index (κ2) is 7.57. The van der Waals surface area contributed by atoms with E-state index in [0.29, 0.717) is 38.3 Å². The van der Waals surface area contributed by atoms with Crippen molar-refractivity contribution in [3.05, 3.63) is 69.8 Å². The molecule has 2 aromatic carbocycles. The lowest BCUT2D eigenvalue weighted by Crippen LogP contribution is -2.14. The van der Waals surface area contributed by atoms with E-state index in [9.17, 15) is 4.79 Å². The number of ether oxygens (including phenoxy) is 4. The van der Waals surface area contributed by atoms with E-state index >= 15 is 0 Å². The molecule has 0 N–H and O–H groups in total.